The lowest BCUT2D eigenvalue weighted by Crippen LogP contribution is -2.24. The number of urea groups is 1. The van der Waals surface area contributed by atoms with Gasteiger partial charge in [0.05, 0.1) is 6.10 Å². The zero-order valence-electron chi connectivity index (χ0n) is 15.6. The normalized spacial score (nSPS) is 15.5. The number of hydrogen-bond donors (Lipinski definition) is 3. The maximum absolute atomic E-state index is 13.5. The zero-order chi connectivity index (χ0) is 20.4. The van der Waals surface area contributed by atoms with Gasteiger partial charge in [-0.05, 0) is 65.4 Å². The van der Waals surface area contributed by atoms with Gasteiger partial charge in [0.2, 0.25) is 0 Å². The number of rotatable bonds is 3. The number of amides is 2. The van der Waals surface area contributed by atoms with Crippen LogP contribution in [0.4, 0.5) is 25.0 Å². The van der Waals surface area contributed by atoms with E-state index in [9.17, 15) is 18.7 Å². The molecule has 0 aliphatic heterocycles. The van der Waals surface area contributed by atoms with Crippen molar-refractivity contribution in [1.29, 1.82) is 0 Å². The number of carbonyl (C=O) groups is 1. The van der Waals surface area contributed by atoms with Crippen molar-refractivity contribution in [3.05, 3.63) is 83.4 Å². The van der Waals surface area contributed by atoms with E-state index in [1.54, 1.807) is 24.3 Å². The van der Waals surface area contributed by atoms with E-state index in [0.717, 1.165) is 36.1 Å². The molecule has 4 rings (SSSR count). The molecule has 1 unspecified atom stereocenters. The van der Waals surface area contributed by atoms with Crippen LogP contribution in [0.15, 0.2) is 60.7 Å². The first-order valence-corrected chi connectivity index (χ1v) is 9.42. The van der Waals surface area contributed by atoms with E-state index in [-0.39, 0.29) is 0 Å². The zero-order valence-corrected chi connectivity index (χ0v) is 15.6. The number of aliphatic hydroxyl groups is 1. The first kappa shape index (κ1) is 19.1. The highest BCUT2D eigenvalue weighted by Gasteiger charge is 2.20. The Bertz CT molecular complexity index is 1070. The van der Waals surface area contributed by atoms with E-state index in [0.29, 0.717) is 28.9 Å². The van der Waals surface area contributed by atoms with Crippen molar-refractivity contribution in [2.24, 2.45) is 0 Å². The van der Waals surface area contributed by atoms with Crippen LogP contribution >= 0.6 is 0 Å². The minimum Gasteiger partial charge on any atom is -0.393 e. The van der Waals surface area contributed by atoms with Crippen molar-refractivity contribution in [1.82, 2.24) is 0 Å². The molecule has 6 heteroatoms. The van der Waals surface area contributed by atoms with E-state index in [4.69, 9.17) is 0 Å². The minimum atomic E-state index is -0.922. The van der Waals surface area contributed by atoms with Crippen LogP contribution in [0.1, 0.15) is 17.5 Å². The smallest absolute Gasteiger partial charge is 0.323 e. The van der Waals surface area contributed by atoms with E-state index in [1.807, 2.05) is 18.2 Å². The van der Waals surface area contributed by atoms with Crippen molar-refractivity contribution in [2.45, 2.75) is 25.4 Å². The average Bonchev–Trinajstić information content (AvgIpc) is 2.70. The molecule has 1 atom stereocenters. The lowest BCUT2D eigenvalue weighted by atomic mass is 9.88. The summed E-state index contributed by atoms with van der Waals surface area (Å²) in [6.07, 6.45) is 1.61. The Labute approximate surface area is 167 Å². The molecular weight excluding hydrogens is 374 g/mol. The molecule has 0 aromatic heterocycles. The van der Waals surface area contributed by atoms with Gasteiger partial charge in [-0.25, -0.2) is 13.6 Å². The van der Waals surface area contributed by atoms with Crippen molar-refractivity contribution in [3.63, 3.8) is 0 Å². The predicted octanol–water partition coefficient (Wildman–Crippen LogP) is 5.13. The summed E-state index contributed by atoms with van der Waals surface area (Å²) in [6.45, 7) is 0. The van der Waals surface area contributed by atoms with Crippen LogP contribution in [-0.4, -0.2) is 17.2 Å². The van der Waals surface area contributed by atoms with Gasteiger partial charge in [-0.2, -0.15) is 0 Å². The maximum Gasteiger partial charge on any atom is 0.323 e. The Kier molecular flexibility index (Phi) is 5.27. The molecule has 3 aromatic rings. The highest BCUT2D eigenvalue weighted by atomic mass is 19.2. The van der Waals surface area contributed by atoms with Gasteiger partial charge >= 0.3 is 6.03 Å². The van der Waals surface area contributed by atoms with Crippen molar-refractivity contribution in [3.8, 4) is 11.1 Å². The summed E-state index contributed by atoms with van der Waals surface area (Å²) in [5.74, 6) is -1.83. The number of nitrogens with one attached hydrogen (secondary N) is 2. The minimum absolute atomic E-state index is 0.402. The predicted molar refractivity (Wildman–Crippen MR) is 109 cm³/mol. The quantitative estimate of drug-likeness (QED) is 0.577. The van der Waals surface area contributed by atoms with Crippen LogP contribution in [-0.2, 0) is 12.8 Å². The van der Waals surface area contributed by atoms with Gasteiger partial charge in [-0.15, -0.1) is 0 Å². The molecular formula is C23H20F2N2O2. The van der Waals surface area contributed by atoms with Crippen LogP contribution in [0, 0.1) is 11.6 Å². The molecule has 0 radical (unpaired) electrons. The molecule has 3 N–H and O–H groups in total. The molecule has 0 fully saturated rings. The van der Waals surface area contributed by atoms with Gasteiger partial charge in [-0.1, -0.05) is 30.3 Å². The number of fused-ring (bicyclic) bond motifs is 1. The lowest BCUT2D eigenvalue weighted by molar-refractivity contribution is 0.159. The maximum atomic E-state index is 13.5. The second kappa shape index (κ2) is 8.01. The number of aliphatic hydroxyl groups excluding tert-OH is 1. The third-order valence-electron chi connectivity index (χ3n) is 5.08. The molecule has 4 nitrogen and oxygen atoms in total. The molecule has 1 aliphatic carbocycles. The van der Waals surface area contributed by atoms with Crippen LogP contribution < -0.4 is 10.6 Å². The van der Waals surface area contributed by atoms with Crippen molar-refractivity contribution in [2.75, 3.05) is 10.6 Å². The van der Waals surface area contributed by atoms with Crippen LogP contribution in [0.5, 0.6) is 0 Å². The summed E-state index contributed by atoms with van der Waals surface area (Å²) in [4.78, 5) is 12.5. The van der Waals surface area contributed by atoms with E-state index in [2.05, 4.69) is 10.6 Å². The fourth-order valence-electron chi connectivity index (χ4n) is 3.62. The number of benzene rings is 3. The highest BCUT2D eigenvalue weighted by molar-refractivity contribution is 6.00. The number of carbonyl (C=O) groups excluding carboxylic acids is 1. The van der Waals surface area contributed by atoms with Gasteiger partial charge in [-0.3, -0.25) is 0 Å². The molecule has 1 aliphatic rings. The van der Waals surface area contributed by atoms with Gasteiger partial charge in [0.15, 0.2) is 11.6 Å². The molecule has 29 heavy (non-hydrogen) atoms. The lowest BCUT2D eigenvalue weighted by Gasteiger charge is -2.23. The molecule has 0 spiro atoms. The second-order valence-corrected chi connectivity index (χ2v) is 7.13. The van der Waals surface area contributed by atoms with E-state index in [1.165, 1.54) is 6.07 Å². The van der Waals surface area contributed by atoms with Gasteiger partial charge in [0, 0.05) is 17.8 Å². The van der Waals surface area contributed by atoms with Gasteiger partial charge in [0.25, 0.3) is 0 Å². The van der Waals surface area contributed by atoms with Crippen LogP contribution in [0.3, 0.4) is 0 Å². The Morgan fingerprint density at radius 1 is 0.931 bits per heavy atom. The molecule has 3 aromatic carbocycles. The van der Waals surface area contributed by atoms with Crippen molar-refractivity contribution < 1.29 is 18.7 Å². The largest absolute Gasteiger partial charge is 0.393 e. The Morgan fingerprint density at radius 2 is 1.72 bits per heavy atom. The van der Waals surface area contributed by atoms with Gasteiger partial charge in [0.1, 0.15) is 0 Å². The third kappa shape index (κ3) is 4.27. The first-order chi connectivity index (χ1) is 14.0. The summed E-state index contributed by atoms with van der Waals surface area (Å²) in [6, 6.07) is 15.9. The van der Waals surface area contributed by atoms with Crippen molar-refractivity contribution >= 4 is 17.4 Å². The summed E-state index contributed by atoms with van der Waals surface area (Å²) >= 11 is 0. The second-order valence-electron chi connectivity index (χ2n) is 7.13. The number of aryl methyl sites for hydroxylation is 1. The topological polar surface area (TPSA) is 61.4 Å². The van der Waals surface area contributed by atoms with E-state index >= 15 is 0 Å². The Hall–Kier alpha value is -3.25. The third-order valence-corrected chi connectivity index (χ3v) is 5.08. The van der Waals surface area contributed by atoms with E-state index < -0.39 is 23.8 Å². The van der Waals surface area contributed by atoms with Crippen LogP contribution in [0.2, 0.25) is 0 Å². The number of halogens is 2. The number of anilines is 2. The fourth-order valence-corrected chi connectivity index (χ4v) is 3.62. The molecule has 2 amide bonds. The van der Waals surface area contributed by atoms with Crippen LogP contribution in [0.25, 0.3) is 11.1 Å². The Morgan fingerprint density at radius 3 is 2.55 bits per heavy atom. The SMILES string of the molecule is O=C(Nc1cccc(-c2ccc(F)c(F)c2)c1)Nc1cccc2c1CC(O)CC2. The van der Waals surface area contributed by atoms with Gasteiger partial charge < -0.3 is 15.7 Å². The molecule has 148 valence electrons. The highest BCUT2D eigenvalue weighted by Crippen LogP contribution is 2.29. The number of hydrogen-bond acceptors (Lipinski definition) is 2. The summed E-state index contributed by atoms with van der Waals surface area (Å²) in [5, 5.41) is 15.6. The monoisotopic (exact) mass is 394 g/mol. The summed E-state index contributed by atoms with van der Waals surface area (Å²) in [5.41, 5.74) is 4.46. The fraction of sp³-hybridized carbons (Fsp3) is 0.174. The Balaban J connectivity index is 1.50. The first-order valence-electron chi connectivity index (χ1n) is 9.42. The molecule has 0 heterocycles. The molecule has 0 saturated carbocycles. The average molecular weight is 394 g/mol. The molecule has 0 saturated heterocycles. The summed E-state index contributed by atoms with van der Waals surface area (Å²) in [7, 11) is 0. The summed E-state index contributed by atoms with van der Waals surface area (Å²) < 4.78 is 26.7. The molecule has 0 bridgehead atoms. The standard InChI is InChI=1S/C23H20F2N2O2/c24-20-10-8-16(12-21(20)25)15-4-1-5-17(11-15)26-23(29)27-22-6-2-3-14-7-9-18(28)13-19(14)22/h1-6,8,10-12,18,28H,7,9,13H2,(H2,26,27,29).